The Kier molecular flexibility index (Phi) is 6.23. The van der Waals surface area contributed by atoms with Crippen LogP contribution in [0.3, 0.4) is 0 Å². The lowest BCUT2D eigenvalue weighted by Gasteiger charge is -2.14. The van der Waals surface area contributed by atoms with E-state index in [1.807, 2.05) is 0 Å². The van der Waals surface area contributed by atoms with Crippen LogP contribution < -0.4 is 10.6 Å². The van der Waals surface area contributed by atoms with Gasteiger partial charge in [-0.05, 0) is 46.6 Å². The third kappa shape index (κ3) is 5.30. The normalized spacial score (nSPS) is 11.3. The van der Waals surface area contributed by atoms with Crippen LogP contribution in [0.2, 0.25) is 5.15 Å². The summed E-state index contributed by atoms with van der Waals surface area (Å²) in [5.41, 5.74) is -0.405. The second kappa shape index (κ2) is 8.01. The van der Waals surface area contributed by atoms with Crippen LogP contribution in [0.4, 0.5) is 24.7 Å². The van der Waals surface area contributed by atoms with Crippen molar-refractivity contribution in [3.8, 4) is 0 Å². The zero-order chi connectivity index (χ0) is 18.6. The third-order valence-electron chi connectivity index (χ3n) is 3.03. The van der Waals surface area contributed by atoms with E-state index >= 15 is 0 Å². The van der Waals surface area contributed by atoms with Crippen LogP contribution in [0.15, 0.2) is 28.9 Å². The van der Waals surface area contributed by atoms with Crippen LogP contribution in [0.25, 0.3) is 0 Å². The summed E-state index contributed by atoms with van der Waals surface area (Å²) >= 11 is 9.17. The van der Waals surface area contributed by atoms with Gasteiger partial charge >= 0.3 is 6.18 Å². The number of aromatic nitrogens is 2. The molecule has 0 bridgehead atoms. The highest BCUT2D eigenvalue weighted by atomic mass is 79.9. The second-order valence-electron chi connectivity index (χ2n) is 4.95. The fourth-order valence-electron chi connectivity index (χ4n) is 1.98. The SMILES string of the molecule is CCNc1nc(C(F)(F)F)ccc1NC(=O)Cc1cc(Br)cnc1Cl. The Balaban J connectivity index is 2.20. The van der Waals surface area contributed by atoms with Gasteiger partial charge in [0.05, 0.1) is 12.1 Å². The van der Waals surface area contributed by atoms with Crippen LogP contribution in [0.5, 0.6) is 0 Å². The first-order valence-corrected chi connectivity index (χ1v) is 8.29. The second-order valence-corrected chi connectivity index (χ2v) is 6.22. The van der Waals surface area contributed by atoms with E-state index in [-0.39, 0.29) is 23.1 Å². The van der Waals surface area contributed by atoms with Crippen LogP contribution in [0.1, 0.15) is 18.2 Å². The fraction of sp³-hybridized carbons (Fsp3) is 0.267. The number of halogens is 5. The van der Waals surface area contributed by atoms with Gasteiger partial charge in [-0.15, -0.1) is 0 Å². The molecule has 0 aliphatic heterocycles. The maximum Gasteiger partial charge on any atom is 0.433 e. The van der Waals surface area contributed by atoms with Gasteiger partial charge in [-0.1, -0.05) is 11.6 Å². The van der Waals surface area contributed by atoms with E-state index in [2.05, 4.69) is 36.5 Å². The molecule has 0 saturated carbocycles. The van der Waals surface area contributed by atoms with Crippen molar-refractivity contribution in [1.29, 1.82) is 0 Å². The number of nitrogens with one attached hydrogen (secondary N) is 2. The van der Waals surface area contributed by atoms with E-state index in [0.29, 0.717) is 16.6 Å². The van der Waals surface area contributed by atoms with Crippen molar-refractivity contribution >= 4 is 44.9 Å². The first-order chi connectivity index (χ1) is 11.7. The van der Waals surface area contributed by atoms with E-state index in [0.717, 1.165) is 12.1 Å². The van der Waals surface area contributed by atoms with Gasteiger partial charge in [0.2, 0.25) is 5.91 Å². The lowest BCUT2D eigenvalue weighted by Crippen LogP contribution is -2.18. The largest absolute Gasteiger partial charge is 0.433 e. The first kappa shape index (κ1) is 19.5. The Bertz CT molecular complexity index is 786. The quantitative estimate of drug-likeness (QED) is 0.675. The van der Waals surface area contributed by atoms with Crippen LogP contribution >= 0.6 is 27.5 Å². The molecule has 2 N–H and O–H groups in total. The van der Waals surface area contributed by atoms with E-state index < -0.39 is 17.8 Å². The zero-order valence-electron chi connectivity index (χ0n) is 12.9. The van der Waals surface area contributed by atoms with Crippen molar-refractivity contribution in [2.45, 2.75) is 19.5 Å². The molecule has 0 unspecified atom stereocenters. The summed E-state index contributed by atoms with van der Waals surface area (Å²) in [5, 5.41) is 5.42. The van der Waals surface area contributed by atoms with Gasteiger partial charge in [-0.2, -0.15) is 13.2 Å². The third-order valence-corrected chi connectivity index (χ3v) is 3.81. The van der Waals surface area contributed by atoms with Crippen molar-refractivity contribution in [3.63, 3.8) is 0 Å². The monoisotopic (exact) mass is 436 g/mol. The molecule has 2 heterocycles. The molecule has 0 aromatic carbocycles. The van der Waals surface area contributed by atoms with Gasteiger partial charge in [0.15, 0.2) is 5.82 Å². The van der Waals surface area contributed by atoms with Crippen molar-refractivity contribution in [3.05, 3.63) is 45.3 Å². The molecule has 2 rings (SSSR count). The highest BCUT2D eigenvalue weighted by Crippen LogP contribution is 2.31. The molecule has 25 heavy (non-hydrogen) atoms. The Morgan fingerprint density at radius 3 is 2.72 bits per heavy atom. The van der Waals surface area contributed by atoms with Crippen molar-refractivity contribution < 1.29 is 18.0 Å². The summed E-state index contributed by atoms with van der Waals surface area (Å²) < 4.78 is 39.0. The molecule has 1 amide bonds. The van der Waals surface area contributed by atoms with Gasteiger partial charge in [0.1, 0.15) is 10.8 Å². The minimum absolute atomic E-state index is 0.0517. The summed E-state index contributed by atoms with van der Waals surface area (Å²) in [6, 6.07) is 3.61. The average molecular weight is 438 g/mol. The minimum Gasteiger partial charge on any atom is -0.369 e. The number of hydrogen-bond acceptors (Lipinski definition) is 4. The highest BCUT2D eigenvalue weighted by Gasteiger charge is 2.33. The van der Waals surface area contributed by atoms with Gasteiger partial charge in [0, 0.05) is 17.2 Å². The predicted molar refractivity (Wildman–Crippen MR) is 92.7 cm³/mol. The molecule has 0 spiro atoms. The maximum absolute atomic E-state index is 12.8. The fourth-order valence-corrected chi connectivity index (χ4v) is 2.52. The molecule has 5 nitrogen and oxygen atoms in total. The van der Waals surface area contributed by atoms with Crippen LogP contribution in [-0.4, -0.2) is 22.4 Å². The predicted octanol–water partition coefficient (Wildman–Crippen LogP) is 4.52. The number of nitrogens with zero attached hydrogens (tertiary/aromatic N) is 2. The molecule has 0 aliphatic rings. The molecule has 2 aromatic rings. The van der Waals surface area contributed by atoms with E-state index in [1.54, 1.807) is 13.0 Å². The minimum atomic E-state index is -4.57. The molecule has 0 atom stereocenters. The van der Waals surface area contributed by atoms with Crippen molar-refractivity contribution in [2.75, 3.05) is 17.2 Å². The lowest BCUT2D eigenvalue weighted by atomic mass is 10.2. The standard InChI is InChI=1S/C15H13BrClF3N4O/c1-2-21-14-10(3-4-11(24-14)15(18,19)20)23-12(25)6-8-5-9(16)7-22-13(8)17/h3-5,7H,2,6H2,1H3,(H,21,24)(H,23,25). The number of carbonyl (C=O) groups excluding carboxylic acids is 1. The number of hydrogen-bond donors (Lipinski definition) is 2. The van der Waals surface area contributed by atoms with Crippen LogP contribution in [-0.2, 0) is 17.4 Å². The molecular formula is C15H13BrClF3N4O. The number of carbonyl (C=O) groups is 1. The number of anilines is 2. The zero-order valence-corrected chi connectivity index (χ0v) is 15.3. The van der Waals surface area contributed by atoms with Gasteiger partial charge in [-0.3, -0.25) is 4.79 Å². The van der Waals surface area contributed by atoms with E-state index in [9.17, 15) is 18.0 Å². The summed E-state index contributed by atoms with van der Waals surface area (Å²) in [6.45, 7) is 2.05. The Labute approximate surface area is 155 Å². The maximum atomic E-state index is 12.8. The molecule has 0 fully saturated rings. The molecule has 0 aliphatic carbocycles. The molecule has 0 radical (unpaired) electrons. The Hall–Kier alpha value is -1.87. The Morgan fingerprint density at radius 1 is 1.36 bits per heavy atom. The molecular weight excluding hydrogens is 425 g/mol. The average Bonchev–Trinajstić information content (AvgIpc) is 2.52. The molecule has 2 aromatic heterocycles. The summed E-state index contributed by atoms with van der Waals surface area (Å²) in [6.07, 6.45) is -3.16. The first-order valence-electron chi connectivity index (χ1n) is 7.12. The molecule has 134 valence electrons. The summed E-state index contributed by atoms with van der Waals surface area (Å²) in [4.78, 5) is 19.6. The van der Waals surface area contributed by atoms with Crippen LogP contribution in [0, 0.1) is 0 Å². The number of pyridine rings is 2. The highest BCUT2D eigenvalue weighted by molar-refractivity contribution is 9.10. The summed E-state index contributed by atoms with van der Waals surface area (Å²) in [7, 11) is 0. The topological polar surface area (TPSA) is 66.9 Å². The summed E-state index contributed by atoms with van der Waals surface area (Å²) in [5.74, 6) is -0.508. The number of rotatable bonds is 5. The number of alkyl halides is 3. The van der Waals surface area contributed by atoms with Crippen molar-refractivity contribution in [1.82, 2.24) is 9.97 Å². The van der Waals surface area contributed by atoms with Gasteiger partial charge < -0.3 is 10.6 Å². The number of amides is 1. The molecule has 0 saturated heterocycles. The van der Waals surface area contributed by atoms with E-state index in [4.69, 9.17) is 11.6 Å². The van der Waals surface area contributed by atoms with Gasteiger partial charge in [-0.25, -0.2) is 9.97 Å². The van der Waals surface area contributed by atoms with Gasteiger partial charge in [0.25, 0.3) is 0 Å². The van der Waals surface area contributed by atoms with Crippen molar-refractivity contribution in [2.24, 2.45) is 0 Å². The Morgan fingerprint density at radius 2 is 2.08 bits per heavy atom. The molecule has 10 heteroatoms. The lowest BCUT2D eigenvalue weighted by molar-refractivity contribution is -0.141. The smallest absolute Gasteiger partial charge is 0.369 e. The van der Waals surface area contributed by atoms with E-state index in [1.165, 1.54) is 6.20 Å².